The molecule has 2 aromatic rings. The number of benzene rings is 1. The van der Waals surface area contributed by atoms with Gasteiger partial charge in [0.2, 0.25) is 0 Å². The third kappa shape index (κ3) is 3.93. The lowest BCUT2D eigenvalue weighted by Crippen LogP contribution is -2.18. The van der Waals surface area contributed by atoms with Gasteiger partial charge in [-0.1, -0.05) is 23.4 Å². The number of aromatic nitrogens is 1. The Morgan fingerprint density at radius 2 is 2.21 bits per heavy atom. The van der Waals surface area contributed by atoms with E-state index in [4.69, 9.17) is 17.3 Å². The van der Waals surface area contributed by atoms with Crippen molar-refractivity contribution in [3.05, 3.63) is 52.9 Å². The average Bonchev–Trinajstić information content (AvgIpc) is 2.34. The van der Waals surface area contributed by atoms with Crippen molar-refractivity contribution in [2.45, 2.75) is 29.3 Å². The van der Waals surface area contributed by atoms with E-state index in [2.05, 4.69) is 4.98 Å². The lowest BCUT2D eigenvalue weighted by molar-refractivity contribution is 0.620. The Labute approximate surface area is 121 Å². The Balaban J connectivity index is 2.32. The number of nitrogens with two attached hydrogens (primary N) is 1. The van der Waals surface area contributed by atoms with Crippen molar-refractivity contribution in [1.82, 2.24) is 4.98 Å². The Hall–Kier alpha value is -1.10. The lowest BCUT2D eigenvalue weighted by atomic mass is 10.1. The molecule has 1 heterocycles. The summed E-state index contributed by atoms with van der Waals surface area (Å²) >= 11 is 7.51. The van der Waals surface area contributed by atoms with Crippen molar-refractivity contribution in [2.24, 2.45) is 5.73 Å². The molecule has 2 N–H and O–H groups in total. The molecule has 2 nitrogen and oxygen atoms in total. The van der Waals surface area contributed by atoms with Crippen molar-refractivity contribution in [2.75, 3.05) is 0 Å². The summed E-state index contributed by atoms with van der Waals surface area (Å²) in [5, 5.41) is 1.30. The van der Waals surface area contributed by atoms with Crippen LogP contribution in [0.5, 0.6) is 0 Å². The van der Waals surface area contributed by atoms with Crippen LogP contribution in [0.25, 0.3) is 0 Å². The van der Waals surface area contributed by atoms with E-state index in [9.17, 15) is 4.39 Å². The monoisotopic (exact) mass is 296 g/mol. The molecule has 100 valence electrons. The lowest BCUT2D eigenvalue weighted by Gasteiger charge is -2.11. The van der Waals surface area contributed by atoms with Crippen LogP contribution in [-0.2, 0) is 6.42 Å². The standard InChI is InChI=1S/C14H14ClFN2S/c1-9(17)7-10-8-11(16)4-5-13(10)19-14-12(15)3-2-6-18-14/h2-6,8-9H,7,17H2,1H3. The van der Waals surface area contributed by atoms with Gasteiger partial charge in [0.25, 0.3) is 0 Å². The molecular formula is C14H14ClFN2S. The summed E-state index contributed by atoms with van der Waals surface area (Å²) < 4.78 is 13.3. The summed E-state index contributed by atoms with van der Waals surface area (Å²) in [4.78, 5) is 5.15. The van der Waals surface area contributed by atoms with E-state index in [0.29, 0.717) is 16.5 Å². The Morgan fingerprint density at radius 3 is 2.89 bits per heavy atom. The largest absolute Gasteiger partial charge is 0.328 e. The van der Waals surface area contributed by atoms with Gasteiger partial charge < -0.3 is 5.73 Å². The highest BCUT2D eigenvalue weighted by Crippen LogP contribution is 2.34. The quantitative estimate of drug-likeness (QED) is 0.929. The molecule has 0 aliphatic rings. The summed E-state index contributed by atoms with van der Waals surface area (Å²) in [7, 11) is 0. The van der Waals surface area contributed by atoms with E-state index in [0.717, 1.165) is 10.5 Å². The highest BCUT2D eigenvalue weighted by atomic mass is 35.5. The first-order valence-corrected chi connectivity index (χ1v) is 7.08. The first-order chi connectivity index (χ1) is 9.06. The van der Waals surface area contributed by atoms with Crippen LogP contribution >= 0.6 is 23.4 Å². The highest BCUT2D eigenvalue weighted by Gasteiger charge is 2.10. The van der Waals surface area contributed by atoms with Crippen LogP contribution in [0, 0.1) is 5.82 Å². The molecule has 0 radical (unpaired) electrons. The number of rotatable bonds is 4. The summed E-state index contributed by atoms with van der Waals surface area (Å²) in [6.07, 6.45) is 2.30. The Bertz CT molecular complexity index is 575. The van der Waals surface area contributed by atoms with Gasteiger partial charge in [-0.15, -0.1) is 0 Å². The summed E-state index contributed by atoms with van der Waals surface area (Å²) in [6.45, 7) is 1.90. The molecule has 5 heteroatoms. The minimum Gasteiger partial charge on any atom is -0.328 e. The molecule has 1 atom stereocenters. The zero-order valence-corrected chi connectivity index (χ0v) is 12.0. The van der Waals surface area contributed by atoms with Gasteiger partial charge in [0.15, 0.2) is 0 Å². The van der Waals surface area contributed by atoms with E-state index in [-0.39, 0.29) is 11.9 Å². The van der Waals surface area contributed by atoms with Crippen LogP contribution in [-0.4, -0.2) is 11.0 Å². The maximum atomic E-state index is 13.3. The predicted octanol–water partition coefficient (Wildman–Crippen LogP) is 3.92. The van der Waals surface area contributed by atoms with E-state index in [1.165, 1.54) is 23.9 Å². The summed E-state index contributed by atoms with van der Waals surface area (Å²) in [5.74, 6) is -0.257. The van der Waals surface area contributed by atoms with Crippen molar-refractivity contribution in [3.8, 4) is 0 Å². The molecule has 1 aromatic heterocycles. The number of hydrogen-bond donors (Lipinski definition) is 1. The van der Waals surface area contributed by atoms with Crippen LogP contribution in [0.15, 0.2) is 46.5 Å². The second-order valence-electron chi connectivity index (χ2n) is 4.33. The second-order valence-corrected chi connectivity index (χ2v) is 5.76. The molecular weight excluding hydrogens is 283 g/mol. The molecule has 0 spiro atoms. The smallest absolute Gasteiger partial charge is 0.123 e. The van der Waals surface area contributed by atoms with Crippen molar-refractivity contribution < 1.29 is 4.39 Å². The van der Waals surface area contributed by atoms with E-state index in [1.807, 2.05) is 6.92 Å². The number of halogens is 2. The number of nitrogens with zero attached hydrogens (tertiary/aromatic N) is 1. The van der Waals surface area contributed by atoms with Gasteiger partial charge in [0.05, 0.1) is 5.02 Å². The molecule has 0 saturated heterocycles. The van der Waals surface area contributed by atoms with Crippen molar-refractivity contribution in [1.29, 1.82) is 0 Å². The molecule has 1 unspecified atom stereocenters. The van der Waals surface area contributed by atoms with Crippen LogP contribution in [0.3, 0.4) is 0 Å². The molecule has 19 heavy (non-hydrogen) atoms. The number of hydrogen-bond acceptors (Lipinski definition) is 3. The minimum atomic E-state index is -0.257. The molecule has 0 saturated carbocycles. The van der Waals surface area contributed by atoms with Gasteiger partial charge in [-0.2, -0.15) is 0 Å². The third-order valence-electron chi connectivity index (χ3n) is 2.50. The van der Waals surface area contributed by atoms with E-state index >= 15 is 0 Å². The predicted molar refractivity (Wildman–Crippen MR) is 77.1 cm³/mol. The zero-order valence-electron chi connectivity index (χ0n) is 10.4. The third-order valence-corrected chi connectivity index (χ3v) is 4.05. The van der Waals surface area contributed by atoms with Gasteiger partial charge in [0, 0.05) is 17.1 Å². The summed E-state index contributed by atoms with van der Waals surface area (Å²) in [5.41, 5.74) is 6.67. The average molecular weight is 297 g/mol. The Kier molecular flexibility index (Phi) is 4.80. The fourth-order valence-corrected chi connectivity index (χ4v) is 2.84. The van der Waals surface area contributed by atoms with Crippen LogP contribution in [0.4, 0.5) is 4.39 Å². The molecule has 2 rings (SSSR count). The molecule has 0 amide bonds. The fourth-order valence-electron chi connectivity index (χ4n) is 1.70. The SMILES string of the molecule is CC(N)Cc1cc(F)ccc1Sc1ncccc1Cl. The summed E-state index contributed by atoms with van der Waals surface area (Å²) in [6, 6.07) is 8.22. The maximum Gasteiger partial charge on any atom is 0.123 e. The van der Waals surface area contributed by atoms with E-state index < -0.39 is 0 Å². The van der Waals surface area contributed by atoms with Crippen LogP contribution in [0.2, 0.25) is 5.02 Å². The molecule has 0 aliphatic heterocycles. The minimum absolute atomic E-state index is 0.0274. The van der Waals surface area contributed by atoms with Gasteiger partial charge in [-0.05, 0) is 49.2 Å². The van der Waals surface area contributed by atoms with Gasteiger partial charge in [-0.25, -0.2) is 9.37 Å². The Morgan fingerprint density at radius 1 is 1.42 bits per heavy atom. The fraction of sp³-hybridized carbons (Fsp3) is 0.214. The normalized spacial score (nSPS) is 12.4. The van der Waals surface area contributed by atoms with Crippen molar-refractivity contribution >= 4 is 23.4 Å². The molecule has 0 bridgehead atoms. The van der Waals surface area contributed by atoms with Crippen LogP contribution < -0.4 is 5.73 Å². The van der Waals surface area contributed by atoms with Gasteiger partial charge >= 0.3 is 0 Å². The molecule has 0 fully saturated rings. The molecule has 0 aliphatic carbocycles. The first-order valence-electron chi connectivity index (χ1n) is 5.88. The number of pyridine rings is 1. The zero-order chi connectivity index (χ0) is 13.8. The van der Waals surface area contributed by atoms with Crippen LogP contribution in [0.1, 0.15) is 12.5 Å². The van der Waals surface area contributed by atoms with E-state index in [1.54, 1.807) is 24.4 Å². The topological polar surface area (TPSA) is 38.9 Å². The second kappa shape index (κ2) is 6.37. The molecule has 1 aromatic carbocycles. The highest BCUT2D eigenvalue weighted by molar-refractivity contribution is 7.99. The maximum absolute atomic E-state index is 13.3. The first kappa shape index (κ1) is 14.3. The van der Waals surface area contributed by atoms with Gasteiger partial charge in [-0.3, -0.25) is 0 Å². The van der Waals surface area contributed by atoms with Gasteiger partial charge in [0.1, 0.15) is 10.8 Å². The van der Waals surface area contributed by atoms with Crippen molar-refractivity contribution in [3.63, 3.8) is 0 Å².